The average molecular weight is 513 g/mol. The lowest BCUT2D eigenvalue weighted by Crippen LogP contribution is -2.42. The molecule has 190 valence electrons. The van der Waals surface area contributed by atoms with E-state index >= 15 is 0 Å². The van der Waals surface area contributed by atoms with Gasteiger partial charge in [-0.1, -0.05) is 39.0 Å². The summed E-state index contributed by atoms with van der Waals surface area (Å²) >= 11 is 0. The van der Waals surface area contributed by atoms with E-state index in [-0.39, 0.29) is 36.2 Å². The molecular weight excluding hydrogens is 476 g/mol. The summed E-state index contributed by atoms with van der Waals surface area (Å²) in [6.07, 6.45) is 0.710. The van der Waals surface area contributed by atoms with Crippen LogP contribution in [-0.4, -0.2) is 60.0 Å². The maximum absolute atomic E-state index is 12.9. The van der Waals surface area contributed by atoms with Crippen molar-refractivity contribution in [2.24, 2.45) is 0 Å². The van der Waals surface area contributed by atoms with Crippen molar-refractivity contribution in [3.05, 3.63) is 42.0 Å². The van der Waals surface area contributed by atoms with Crippen LogP contribution in [0.3, 0.4) is 0 Å². The molecule has 0 N–H and O–H groups in total. The Bertz CT molecular complexity index is 980. The molecule has 1 aromatic rings. The molecule has 1 aliphatic heterocycles. The van der Waals surface area contributed by atoms with E-state index in [2.05, 4.69) is 33.9 Å². The summed E-state index contributed by atoms with van der Waals surface area (Å²) in [6, 6.07) is 7.88. The minimum atomic E-state index is -3.84. The number of carbonyl (C=O) groups is 2. The Balaban J connectivity index is 2.14. The molecule has 8 nitrogen and oxygen atoms in total. The summed E-state index contributed by atoms with van der Waals surface area (Å²) in [5, 5.41) is -1.27. The van der Waals surface area contributed by atoms with Gasteiger partial charge in [-0.2, -0.15) is 0 Å². The molecule has 1 saturated heterocycles. The van der Waals surface area contributed by atoms with Gasteiger partial charge in [-0.15, -0.1) is 0 Å². The summed E-state index contributed by atoms with van der Waals surface area (Å²) in [5.74, 6) is -0.785. The summed E-state index contributed by atoms with van der Waals surface area (Å²) in [4.78, 5) is 24.4. The molecular formula is C24H36O8SSi. The Morgan fingerprint density at radius 1 is 1.12 bits per heavy atom. The molecule has 1 aliphatic rings. The van der Waals surface area contributed by atoms with Gasteiger partial charge in [-0.25, -0.2) is 13.2 Å². The second-order valence-electron chi connectivity index (χ2n) is 9.74. The highest BCUT2D eigenvalue weighted by Gasteiger charge is 2.40. The fourth-order valence-corrected chi connectivity index (χ4v) is 5.69. The lowest BCUT2D eigenvalue weighted by Gasteiger charge is -2.36. The minimum Gasteiger partial charge on any atom is -0.457 e. The predicted octanol–water partition coefficient (Wildman–Crippen LogP) is 4.66. The predicted molar refractivity (Wildman–Crippen MR) is 131 cm³/mol. The average Bonchev–Trinajstić information content (AvgIpc) is 2.75. The van der Waals surface area contributed by atoms with Crippen LogP contribution >= 0.6 is 0 Å². The molecule has 10 heteroatoms. The smallest absolute Gasteiger partial charge is 0.457 e. The Hall–Kier alpha value is -2.17. The summed E-state index contributed by atoms with van der Waals surface area (Å²) in [6.45, 7) is 12.6. The minimum absolute atomic E-state index is 0.0174. The van der Waals surface area contributed by atoms with Crippen molar-refractivity contribution in [1.29, 1.82) is 0 Å². The number of benzene rings is 1. The maximum atomic E-state index is 12.9. The molecule has 1 fully saturated rings. The van der Waals surface area contributed by atoms with Gasteiger partial charge in [-0.05, 0) is 61.7 Å². The molecule has 0 saturated carbocycles. The molecule has 0 aromatic heterocycles. The highest BCUT2D eigenvalue weighted by molar-refractivity contribution is 7.92. The van der Waals surface area contributed by atoms with Crippen molar-refractivity contribution in [2.45, 2.75) is 74.9 Å². The third-order valence-corrected chi connectivity index (χ3v) is 12.8. The van der Waals surface area contributed by atoms with Gasteiger partial charge in [0.05, 0.1) is 18.1 Å². The van der Waals surface area contributed by atoms with Gasteiger partial charge < -0.3 is 18.6 Å². The van der Waals surface area contributed by atoms with Crippen molar-refractivity contribution in [2.75, 3.05) is 19.8 Å². The van der Waals surface area contributed by atoms with Gasteiger partial charge in [0.1, 0.15) is 12.7 Å². The normalized spacial score (nSPS) is 19.9. The van der Waals surface area contributed by atoms with Crippen LogP contribution in [-0.2, 0) is 33.3 Å². The zero-order valence-corrected chi connectivity index (χ0v) is 22.6. The number of carbonyl (C=O) groups excluding carboxylic acids is 2. The van der Waals surface area contributed by atoms with E-state index in [4.69, 9.17) is 18.6 Å². The van der Waals surface area contributed by atoms with Gasteiger partial charge in [0.2, 0.25) is 0 Å². The van der Waals surface area contributed by atoms with Crippen LogP contribution in [0.1, 0.15) is 40.5 Å². The van der Waals surface area contributed by atoms with E-state index in [0.29, 0.717) is 12.0 Å². The zero-order chi connectivity index (χ0) is 25.6. The molecule has 0 amide bonds. The van der Waals surface area contributed by atoms with Crippen LogP contribution in [0.2, 0.25) is 18.1 Å². The van der Waals surface area contributed by atoms with E-state index in [9.17, 15) is 18.0 Å². The quantitative estimate of drug-likeness (QED) is 0.267. The van der Waals surface area contributed by atoms with Crippen molar-refractivity contribution in [3.63, 3.8) is 0 Å². The first-order valence-electron chi connectivity index (χ1n) is 11.4. The molecule has 0 spiro atoms. The topological polar surface area (TPSA) is 105 Å². The number of sulfone groups is 1. The second-order valence-corrected chi connectivity index (χ2v) is 16.7. The van der Waals surface area contributed by atoms with E-state index in [1.165, 1.54) is 12.1 Å². The van der Waals surface area contributed by atoms with Crippen LogP contribution in [0.4, 0.5) is 4.79 Å². The fraction of sp³-hybridized carbons (Fsp3) is 0.583. The monoisotopic (exact) mass is 512 g/mol. The molecule has 1 unspecified atom stereocenters. The van der Waals surface area contributed by atoms with Gasteiger partial charge in [0.25, 0.3) is 0 Å². The third-order valence-electron chi connectivity index (χ3n) is 6.17. The molecule has 34 heavy (non-hydrogen) atoms. The number of hydrogen-bond acceptors (Lipinski definition) is 8. The SMILES string of the molecule is CCOC(=O)OC/C(=C\[C@H]1CCC(S(=O)(=O)c2ccccc2)C(=O)O1)CO[Si](C)(C)C(C)(C)C. The highest BCUT2D eigenvalue weighted by atomic mass is 32.2. The summed E-state index contributed by atoms with van der Waals surface area (Å²) in [5.41, 5.74) is 0.625. The first kappa shape index (κ1) is 28.1. The summed E-state index contributed by atoms with van der Waals surface area (Å²) in [7, 11) is -5.93. The largest absolute Gasteiger partial charge is 0.508 e. The van der Waals surface area contributed by atoms with Crippen LogP contribution in [0.5, 0.6) is 0 Å². The van der Waals surface area contributed by atoms with Crippen LogP contribution in [0.25, 0.3) is 0 Å². The molecule has 2 atom stereocenters. The molecule has 1 aromatic carbocycles. The standard InChI is InChI=1S/C24H36O8SSi/c1-7-29-23(26)30-16-18(17-31-34(5,6)24(2,3)4)15-19-13-14-21(22(25)32-19)33(27,28)20-11-9-8-10-12-20/h8-12,15,19,21H,7,13-14,16-17H2,1-6H3/b18-15+/t19-,21?/m1/s1. The van der Waals surface area contributed by atoms with E-state index in [0.717, 1.165) is 0 Å². The van der Waals surface area contributed by atoms with Crippen molar-refractivity contribution in [3.8, 4) is 0 Å². The van der Waals surface area contributed by atoms with Gasteiger partial charge in [0.15, 0.2) is 23.4 Å². The number of rotatable bonds is 9. The van der Waals surface area contributed by atoms with Gasteiger partial charge >= 0.3 is 12.1 Å². The highest BCUT2D eigenvalue weighted by Crippen LogP contribution is 2.37. The lowest BCUT2D eigenvalue weighted by molar-refractivity contribution is -0.150. The maximum Gasteiger partial charge on any atom is 0.508 e. The van der Waals surface area contributed by atoms with Gasteiger partial charge in [0, 0.05) is 0 Å². The Kier molecular flexibility index (Phi) is 9.50. The van der Waals surface area contributed by atoms with E-state index in [1.807, 2.05) is 0 Å². The Morgan fingerprint density at radius 2 is 1.76 bits per heavy atom. The molecule has 2 rings (SSSR count). The van der Waals surface area contributed by atoms with Crippen molar-refractivity contribution in [1.82, 2.24) is 0 Å². The van der Waals surface area contributed by atoms with Gasteiger partial charge in [-0.3, -0.25) is 4.79 Å². The Labute approximate surface area is 203 Å². The fourth-order valence-electron chi connectivity index (χ4n) is 3.09. The first-order valence-corrected chi connectivity index (χ1v) is 15.9. The van der Waals surface area contributed by atoms with Crippen LogP contribution < -0.4 is 0 Å². The second kappa shape index (κ2) is 11.5. The van der Waals surface area contributed by atoms with Crippen molar-refractivity contribution >= 4 is 30.3 Å². The summed E-state index contributed by atoms with van der Waals surface area (Å²) < 4.78 is 47.5. The lowest BCUT2D eigenvalue weighted by atomic mass is 10.1. The first-order chi connectivity index (χ1) is 15.8. The Morgan fingerprint density at radius 3 is 2.32 bits per heavy atom. The molecule has 0 aliphatic carbocycles. The number of hydrogen-bond donors (Lipinski definition) is 0. The van der Waals surface area contributed by atoms with Crippen molar-refractivity contribution < 1.29 is 36.6 Å². The van der Waals surface area contributed by atoms with Crippen LogP contribution in [0.15, 0.2) is 46.9 Å². The number of ether oxygens (including phenoxy) is 3. The molecule has 1 heterocycles. The zero-order valence-electron chi connectivity index (χ0n) is 20.8. The molecule has 0 bridgehead atoms. The number of cyclic esters (lactones) is 1. The van der Waals surface area contributed by atoms with E-state index < -0.39 is 41.6 Å². The van der Waals surface area contributed by atoms with Crippen LogP contribution in [0, 0.1) is 0 Å². The van der Waals surface area contributed by atoms with E-state index in [1.54, 1.807) is 31.2 Å². The molecule has 0 radical (unpaired) electrons. The third kappa shape index (κ3) is 7.41. The number of esters is 1.